The largest absolute Gasteiger partial charge is 0.497 e. The highest BCUT2D eigenvalue weighted by Crippen LogP contribution is 2.30. The van der Waals surface area contributed by atoms with Crippen molar-refractivity contribution in [3.05, 3.63) is 82.9 Å². The summed E-state index contributed by atoms with van der Waals surface area (Å²) >= 11 is 0. The van der Waals surface area contributed by atoms with Crippen LogP contribution >= 0.6 is 0 Å². The van der Waals surface area contributed by atoms with E-state index in [0.29, 0.717) is 0 Å². The van der Waals surface area contributed by atoms with Crippen LogP contribution in [0.5, 0.6) is 5.75 Å². The molecule has 0 aliphatic heterocycles. The lowest BCUT2D eigenvalue weighted by molar-refractivity contribution is 0.102. The number of carbonyl (C=O) groups excluding carboxylic acids is 1. The van der Waals surface area contributed by atoms with Gasteiger partial charge in [0, 0.05) is 11.1 Å². The molecule has 0 atom stereocenters. The van der Waals surface area contributed by atoms with Crippen molar-refractivity contribution in [2.75, 3.05) is 7.11 Å². The molecular weight excluding hydrogens is 296 g/mol. The van der Waals surface area contributed by atoms with Crippen molar-refractivity contribution in [2.45, 2.75) is 12.8 Å². The third-order valence-electron chi connectivity index (χ3n) is 4.67. The van der Waals surface area contributed by atoms with Crippen molar-refractivity contribution in [3.8, 4) is 5.75 Å². The minimum absolute atomic E-state index is 0.114. The maximum Gasteiger partial charge on any atom is 0.189 e. The van der Waals surface area contributed by atoms with Crippen molar-refractivity contribution in [2.24, 2.45) is 0 Å². The number of Topliss-reactive ketones (excluding diaryl/α,β-unsaturated/α-hetero) is 1. The molecule has 0 N–H and O–H groups in total. The van der Waals surface area contributed by atoms with Gasteiger partial charge in [-0.15, -0.1) is 0 Å². The minimum atomic E-state index is 0.114. The van der Waals surface area contributed by atoms with E-state index in [2.05, 4.69) is 24.3 Å². The molecule has 118 valence electrons. The van der Waals surface area contributed by atoms with Crippen LogP contribution in [0.2, 0.25) is 0 Å². The third-order valence-corrected chi connectivity index (χ3v) is 4.67. The van der Waals surface area contributed by atoms with E-state index in [1.165, 1.54) is 10.8 Å². The molecule has 0 bridgehead atoms. The summed E-state index contributed by atoms with van der Waals surface area (Å²) in [5.41, 5.74) is 3.85. The number of methoxy groups -OCH3 is 1. The van der Waals surface area contributed by atoms with Gasteiger partial charge in [0.05, 0.1) is 7.11 Å². The lowest BCUT2D eigenvalue weighted by Gasteiger charge is -2.18. The van der Waals surface area contributed by atoms with Gasteiger partial charge in [-0.3, -0.25) is 4.79 Å². The maximum absolute atomic E-state index is 12.9. The molecule has 2 heteroatoms. The number of fused-ring (bicyclic) bond motifs is 2. The molecule has 0 heterocycles. The Kier molecular flexibility index (Phi) is 3.66. The third kappa shape index (κ3) is 2.50. The smallest absolute Gasteiger partial charge is 0.189 e. The summed E-state index contributed by atoms with van der Waals surface area (Å²) in [5.74, 6) is 0.844. The van der Waals surface area contributed by atoms with Crippen LogP contribution < -0.4 is 4.74 Å². The molecule has 0 aromatic heterocycles. The van der Waals surface area contributed by atoms with Gasteiger partial charge in [-0.1, -0.05) is 48.5 Å². The summed E-state index contributed by atoms with van der Waals surface area (Å²) < 4.78 is 5.27. The molecule has 0 spiro atoms. The van der Waals surface area contributed by atoms with E-state index in [4.69, 9.17) is 4.74 Å². The van der Waals surface area contributed by atoms with Crippen LogP contribution in [0.3, 0.4) is 0 Å². The first-order valence-electron chi connectivity index (χ1n) is 8.16. The summed E-state index contributed by atoms with van der Waals surface area (Å²) in [6, 6.07) is 20.3. The summed E-state index contributed by atoms with van der Waals surface area (Å²) in [4.78, 5) is 12.9. The molecule has 0 saturated carbocycles. The molecular formula is C22H18O2. The van der Waals surface area contributed by atoms with Gasteiger partial charge in [0.15, 0.2) is 5.78 Å². The van der Waals surface area contributed by atoms with Crippen molar-refractivity contribution in [1.29, 1.82) is 0 Å². The van der Waals surface area contributed by atoms with Gasteiger partial charge in [0.2, 0.25) is 0 Å². The number of aryl methyl sites for hydroxylation is 1. The SMILES string of the molecule is COc1ccc2c(c1)C(=O)/C(=C/c1cccc3ccccc13)CC2. The van der Waals surface area contributed by atoms with Crippen molar-refractivity contribution in [1.82, 2.24) is 0 Å². The molecule has 0 radical (unpaired) electrons. The van der Waals surface area contributed by atoms with E-state index < -0.39 is 0 Å². The van der Waals surface area contributed by atoms with E-state index in [0.717, 1.165) is 40.9 Å². The number of allylic oxidation sites excluding steroid dienone is 1. The molecule has 3 aromatic carbocycles. The molecule has 2 nitrogen and oxygen atoms in total. The van der Waals surface area contributed by atoms with Crippen LogP contribution in [-0.2, 0) is 6.42 Å². The van der Waals surface area contributed by atoms with Gasteiger partial charge in [0.25, 0.3) is 0 Å². The Hall–Kier alpha value is -2.87. The molecule has 1 aliphatic carbocycles. The Balaban J connectivity index is 1.79. The molecule has 4 rings (SSSR count). The van der Waals surface area contributed by atoms with Crippen LogP contribution in [-0.4, -0.2) is 12.9 Å². The highest BCUT2D eigenvalue weighted by molar-refractivity contribution is 6.14. The van der Waals surface area contributed by atoms with E-state index >= 15 is 0 Å². The van der Waals surface area contributed by atoms with Crippen LogP contribution in [0, 0.1) is 0 Å². The van der Waals surface area contributed by atoms with E-state index in [-0.39, 0.29) is 5.78 Å². The number of carbonyl (C=O) groups is 1. The first kappa shape index (κ1) is 14.7. The van der Waals surface area contributed by atoms with Gasteiger partial charge >= 0.3 is 0 Å². The fourth-order valence-electron chi connectivity index (χ4n) is 3.37. The minimum Gasteiger partial charge on any atom is -0.497 e. The van der Waals surface area contributed by atoms with E-state index in [9.17, 15) is 4.79 Å². The fourth-order valence-corrected chi connectivity index (χ4v) is 3.37. The van der Waals surface area contributed by atoms with Crippen LogP contribution in [0.15, 0.2) is 66.2 Å². The lowest BCUT2D eigenvalue weighted by Crippen LogP contribution is -2.14. The number of ether oxygens (including phenoxy) is 1. The number of hydrogen-bond donors (Lipinski definition) is 0. The summed E-state index contributed by atoms with van der Waals surface area (Å²) in [7, 11) is 1.63. The molecule has 0 saturated heterocycles. The molecule has 24 heavy (non-hydrogen) atoms. The van der Waals surface area contributed by atoms with Gasteiger partial charge in [-0.2, -0.15) is 0 Å². The monoisotopic (exact) mass is 314 g/mol. The van der Waals surface area contributed by atoms with Crippen molar-refractivity contribution in [3.63, 3.8) is 0 Å². The number of ketones is 1. The van der Waals surface area contributed by atoms with Gasteiger partial charge in [0.1, 0.15) is 5.75 Å². The normalized spacial score (nSPS) is 15.5. The number of rotatable bonds is 2. The Morgan fingerprint density at radius 2 is 1.79 bits per heavy atom. The molecule has 1 aliphatic rings. The van der Waals surface area contributed by atoms with Crippen LogP contribution in [0.4, 0.5) is 0 Å². The van der Waals surface area contributed by atoms with Crippen molar-refractivity contribution >= 4 is 22.6 Å². The fraction of sp³-hybridized carbons (Fsp3) is 0.136. The zero-order valence-electron chi connectivity index (χ0n) is 13.6. The summed E-state index contributed by atoms with van der Waals surface area (Å²) in [5, 5.41) is 2.37. The quantitative estimate of drug-likeness (QED) is 0.618. The lowest BCUT2D eigenvalue weighted by atomic mass is 9.85. The van der Waals surface area contributed by atoms with Crippen LogP contribution in [0.25, 0.3) is 16.8 Å². The maximum atomic E-state index is 12.9. The zero-order chi connectivity index (χ0) is 16.5. The Bertz CT molecular complexity index is 961. The highest BCUT2D eigenvalue weighted by atomic mass is 16.5. The second-order valence-electron chi connectivity index (χ2n) is 6.09. The number of benzene rings is 3. The average Bonchev–Trinajstić information content (AvgIpc) is 2.64. The van der Waals surface area contributed by atoms with Gasteiger partial charge in [-0.25, -0.2) is 0 Å². The summed E-state index contributed by atoms with van der Waals surface area (Å²) in [6.45, 7) is 0. The molecule has 3 aromatic rings. The van der Waals surface area contributed by atoms with Crippen molar-refractivity contribution < 1.29 is 9.53 Å². The highest BCUT2D eigenvalue weighted by Gasteiger charge is 2.22. The Morgan fingerprint density at radius 1 is 0.958 bits per heavy atom. The van der Waals surface area contributed by atoms with E-state index in [1.807, 2.05) is 42.5 Å². The topological polar surface area (TPSA) is 26.3 Å². The van der Waals surface area contributed by atoms with Gasteiger partial charge < -0.3 is 4.74 Å². The predicted molar refractivity (Wildman–Crippen MR) is 97.6 cm³/mol. The predicted octanol–water partition coefficient (Wildman–Crippen LogP) is 5.06. The Morgan fingerprint density at radius 3 is 2.67 bits per heavy atom. The van der Waals surface area contributed by atoms with E-state index in [1.54, 1.807) is 7.11 Å². The van der Waals surface area contributed by atoms with Crippen LogP contribution in [0.1, 0.15) is 27.9 Å². The first-order valence-corrected chi connectivity index (χ1v) is 8.16. The number of hydrogen-bond acceptors (Lipinski definition) is 2. The summed E-state index contributed by atoms with van der Waals surface area (Å²) in [6.07, 6.45) is 3.72. The zero-order valence-corrected chi connectivity index (χ0v) is 13.6. The first-order chi connectivity index (χ1) is 11.8. The average molecular weight is 314 g/mol. The molecule has 0 fully saturated rings. The Labute approximate surface area is 141 Å². The molecule has 0 amide bonds. The van der Waals surface area contributed by atoms with Gasteiger partial charge in [-0.05, 0) is 52.9 Å². The second kappa shape index (κ2) is 5.97. The standard InChI is InChI=1S/C22H18O2/c1-24-19-12-11-16-9-10-18(22(23)21(16)14-19)13-17-7-4-6-15-5-2-3-8-20(15)17/h2-8,11-14H,9-10H2,1H3/b18-13+. The molecule has 0 unspecified atom stereocenters. The second-order valence-corrected chi connectivity index (χ2v) is 6.09.